The zero-order valence-electron chi connectivity index (χ0n) is 12.4. The first-order chi connectivity index (χ1) is 10.2. The van der Waals surface area contributed by atoms with Gasteiger partial charge in [-0.05, 0) is 41.1 Å². The second-order valence-corrected chi connectivity index (χ2v) is 5.27. The van der Waals surface area contributed by atoms with Crippen molar-refractivity contribution in [1.29, 1.82) is 0 Å². The third kappa shape index (κ3) is 4.07. The molecule has 0 radical (unpaired) electrons. The molecule has 0 aliphatic heterocycles. The number of benzene rings is 1. The number of hydrogen-bond acceptors (Lipinski definition) is 5. The van der Waals surface area contributed by atoms with Gasteiger partial charge in [-0.25, -0.2) is 9.97 Å². The molecule has 0 fully saturated rings. The highest BCUT2D eigenvalue weighted by molar-refractivity contribution is 9.10. The van der Waals surface area contributed by atoms with E-state index < -0.39 is 0 Å². The smallest absolute Gasteiger partial charge is 0.136 e. The molecule has 21 heavy (non-hydrogen) atoms. The molecule has 0 atom stereocenters. The SMILES string of the molecule is CCNc1cc(Nc2ccc(OC)c(Br)c2)nc(CC)n1. The minimum absolute atomic E-state index is 0.773. The molecule has 2 aromatic rings. The number of nitrogens with zero attached hydrogens (tertiary/aromatic N) is 2. The first-order valence-electron chi connectivity index (χ1n) is 6.88. The summed E-state index contributed by atoms with van der Waals surface area (Å²) in [5.74, 6) is 3.21. The third-order valence-electron chi connectivity index (χ3n) is 2.87. The van der Waals surface area contributed by atoms with Crippen LogP contribution in [-0.2, 0) is 6.42 Å². The Bertz CT molecular complexity index is 619. The van der Waals surface area contributed by atoms with Crippen LogP contribution in [0.4, 0.5) is 17.3 Å². The number of hydrogen-bond donors (Lipinski definition) is 2. The first-order valence-corrected chi connectivity index (χ1v) is 7.68. The Morgan fingerprint density at radius 3 is 2.52 bits per heavy atom. The lowest BCUT2D eigenvalue weighted by atomic mass is 10.3. The number of halogens is 1. The van der Waals surface area contributed by atoms with E-state index in [1.807, 2.05) is 38.1 Å². The standard InChI is InChI=1S/C15H19BrN4O/c1-4-13-19-14(17-5-2)9-15(20-13)18-10-6-7-12(21-3)11(16)8-10/h6-9H,4-5H2,1-3H3,(H2,17,18,19,20). The van der Waals surface area contributed by atoms with Crippen LogP contribution in [0.2, 0.25) is 0 Å². The van der Waals surface area contributed by atoms with Crippen LogP contribution in [-0.4, -0.2) is 23.6 Å². The van der Waals surface area contributed by atoms with E-state index in [4.69, 9.17) is 4.74 Å². The summed E-state index contributed by atoms with van der Waals surface area (Å²) in [5, 5.41) is 6.51. The Hall–Kier alpha value is -1.82. The minimum atomic E-state index is 0.773. The molecule has 1 aromatic heterocycles. The highest BCUT2D eigenvalue weighted by Crippen LogP contribution is 2.29. The van der Waals surface area contributed by atoms with Crippen molar-refractivity contribution in [1.82, 2.24) is 9.97 Å². The summed E-state index contributed by atoms with van der Waals surface area (Å²) in [6.45, 7) is 4.91. The van der Waals surface area contributed by atoms with E-state index >= 15 is 0 Å². The summed E-state index contributed by atoms with van der Waals surface area (Å²) in [5.41, 5.74) is 0.936. The lowest BCUT2D eigenvalue weighted by Gasteiger charge is -2.11. The highest BCUT2D eigenvalue weighted by Gasteiger charge is 2.05. The molecule has 0 saturated heterocycles. The minimum Gasteiger partial charge on any atom is -0.496 e. The molecule has 0 amide bonds. The molecule has 2 N–H and O–H groups in total. The summed E-state index contributed by atoms with van der Waals surface area (Å²) in [7, 11) is 1.65. The lowest BCUT2D eigenvalue weighted by Crippen LogP contribution is -2.05. The maximum Gasteiger partial charge on any atom is 0.136 e. The normalized spacial score (nSPS) is 10.3. The van der Waals surface area contributed by atoms with E-state index in [-0.39, 0.29) is 0 Å². The molecular weight excluding hydrogens is 332 g/mol. The van der Waals surface area contributed by atoms with Crippen LogP contribution in [0.15, 0.2) is 28.7 Å². The summed E-state index contributed by atoms with van der Waals surface area (Å²) in [6, 6.07) is 7.71. The Morgan fingerprint density at radius 2 is 1.90 bits per heavy atom. The number of nitrogens with one attached hydrogen (secondary N) is 2. The fourth-order valence-corrected chi connectivity index (χ4v) is 2.42. The van der Waals surface area contributed by atoms with Crippen molar-refractivity contribution in [3.63, 3.8) is 0 Å². The molecule has 6 heteroatoms. The molecule has 1 heterocycles. The van der Waals surface area contributed by atoms with Gasteiger partial charge in [-0.2, -0.15) is 0 Å². The second kappa shape index (κ2) is 7.26. The van der Waals surface area contributed by atoms with Gasteiger partial charge in [0.1, 0.15) is 23.2 Å². The van der Waals surface area contributed by atoms with Crippen LogP contribution in [0.25, 0.3) is 0 Å². The molecule has 0 bridgehead atoms. The monoisotopic (exact) mass is 350 g/mol. The van der Waals surface area contributed by atoms with E-state index in [1.165, 1.54) is 0 Å². The molecule has 0 aliphatic carbocycles. The van der Waals surface area contributed by atoms with Gasteiger partial charge in [0.05, 0.1) is 11.6 Å². The predicted octanol–water partition coefficient (Wildman–Crippen LogP) is 3.99. The van der Waals surface area contributed by atoms with Gasteiger partial charge in [-0.15, -0.1) is 0 Å². The summed E-state index contributed by atoms with van der Waals surface area (Å²) >= 11 is 3.48. The topological polar surface area (TPSA) is 59.1 Å². The second-order valence-electron chi connectivity index (χ2n) is 4.41. The Balaban J connectivity index is 2.25. The maximum absolute atomic E-state index is 5.23. The summed E-state index contributed by atoms with van der Waals surface area (Å²) in [4.78, 5) is 8.93. The number of ether oxygens (including phenoxy) is 1. The van der Waals surface area contributed by atoms with Gasteiger partial charge in [-0.1, -0.05) is 6.92 Å². The van der Waals surface area contributed by atoms with Crippen molar-refractivity contribution in [2.75, 3.05) is 24.3 Å². The number of aryl methyl sites for hydroxylation is 1. The average molecular weight is 351 g/mol. The Labute approximate surface area is 133 Å². The highest BCUT2D eigenvalue weighted by atomic mass is 79.9. The molecular formula is C15H19BrN4O. The quantitative estimate of drug-likeness (QED) is 0.824. The third-order valence-corrected chi connectivity index (χ3v) is 3.49. The van der Waals surface area contributed by atoms with E-state index in [2.05, 4.69) is 36.5 Å². The Morgan fingerprint density at radius 1 is 1.14 bits per heavy atom. The largest absolute Gasteiger partial charge is 0.496 e. The molecule has 0 unspecified atom stereocenters. The van der Waals surface area contributed by atoms with Crippen molar-refractivity contribution >= 4 is 33.3 Å². The van der Waals surface area contributed by atoms with E-state index in [0.29, 0.717) is 0 Å². The van der Waals surface area contributed by atoms with Crippen molar-refractivity contribution in [2.45, 2.75) is 20.3 Å². The molecule has 1 aromatic carbocycles. The molecule has 0 aliphatic rings. The van der Waals surface area contributed by atoms with Crippen molar-refractivity contribution in [3.05, 3.63) is 34.6 Å². The maximum atomic E-state index is 5.23. The van der Waals surface area contributed by atoms with Crippen LogP contribution in [0.3, 0.4) is 0 Å². The zero-order chi connectivity index (χ0) is 15.2. The molecule has 112 valence electrons. The number of methoxy groups -OCH3 is 1. The number of aromatic nitrogens is 2. The van der Waals surface area contributed by atoms with Gasteiger partial charge < -0.3 is 15.4 Å². The van der Waals surface area contributed by atoms with Crippen LogP contribution in [0, 0.1) is 0 Å². The molecule has 5 nitrogen and oxygen atoms in total. The Kier molecular flexibility index (Phi) is 5.38. The van der Waals surface area contributed by atoms with E-state index in [0.717, 1.165) is 46.3 Å². The molecule has 0 saturated carbocycles. The van der Waals surface area contributed by atoms with Gasteiger partial charge in [0, 0.05) is 24.7 Å². The van der Waals surface area contributed by atoms with Gasteiger partial charge in [0.2, 0.25) is 0 Å². The zero-order valence-corrected chi connectivity index (χ0v) is 14.0. The van der Waals surface area contributed by atoms with Crippen LogP contribution >= 0.6 is 15.9 Å². The van der Waals surface area contributed by atoms with Crippen molar-refractivity contribution < 1.29 is 4.74 Å². The van der Waals surface area contributed by atoms with E-state index in [9.17, 15) is 0 Å². The van der Waals surface area contributed by atoms with Gasteiger partial charge >= 0.3 is 0 Å². The lowest BCUT2D eigenvalue weighted by molar-refractivity contribution is 0.412. The fourth-order valence-electron chi connectivity index (χ4n) is 1.88. The van der Waals surface area contributed by atoms with Crippen LogP contribution in [0.5, 0.6) is 5.75 Å². The van der Waals surface area contributed by atoms with Crippen LogP contribution < -0.4 is 15.4 Å². The van der Waals surface area contributed by atoms with Gasteiger partial charge in [0.15, 0.2) is 0 Å². The summed E-state index contributed by atoms with van der Waals surface area (Å²) < 4.78 is 6.12. The predicted molar refractivity (Wildman–Crippen MR) is 89.6 cm³/mol. The summed E-state index contributed by atoms with van der Waals surface area (Å²) in [6.07, 6.45) is 0.792. The average Bonchev–Trinajstić information content (AvgIpc) is 2.47. The van der Waals surface area contributed by atoms with Crippen molar-refractivity contribution in [2.24, 2.45) is 0 Å². The van der Waals surface area contributed by atoms with Gasteiger partial charge in [0.25, 0.3) is 0 Å². The molecule has 0 spiro atoms. The van der Waals surface area contributed by atoms with Gasteiger partial charge in [-0.3, -0.25) is 0 Å². The van der Waals surface area contributed by atoms with Crippen molar-refractivity contribution in [3.8, 4) is 5.75 Å². The fraction of sp³-hybridized carbons (Fsp3) is 0.333. The van der Waals surface area contributed by atoms with Crippen LogP contribution in [0.1, 0.15) is 19.7 Å². The number of anilines is 3. The first kappa shape index (κ1) is 15.6. The van der Waals surface area contributed by atoms with E-state index in [1.54, 1.807) is 7.11 Å². The molecule has 2 rings (SSSR count). The number of rotatable bonds is 6.